The van der Waals surface area contributed by atoms with E-state index in [0.717, 1.165) is 31.6 Å². The molecule has 1 heterocycles. The summed E-state index contributed by atoms with van der Waals surface area (Å²) in [6.45, 7) is 9.16. The predicted octanol–water partition coefficient (Wildman–Crippen LogP) is 4.09. The lowest BCUT2D eigenvalue weighted by Gasteiger charge is -2.30. The molecule has 176 valence electrons. The normalized spacial score (nSPS) is 14.0. The third kappa shape index (κ3) is 6.57. The first-order valence-electron chi connectivity index (χ1n) is 11.7. The Labute approximate surface area is 196 Å². The molecular formula is C26H34N4O3. The average molecular weight is 451 g/mol. The zero-order valence-corrected chi connectivity index (χ0v) is 19.8. The number of likely N-dealkylation sites (tertiary alicyclic amines) is 1. The summed E-state index contributed by atoms with van der Waals surface area (Å²) in [5.74, 6) is 0.529. The number of amides is 3. The van der Waals surface area contributed by atoms with Crippen LogP contribution in [0.15, 0.2) is 48.5 Å². The summed E-state index contributed by atoms with van der Waals surface area (Å²) in [5, 5.41) is 5.90. The van der Waals surface area contributed by atoms with Gasteiger partial charge < -0.3 is 20.4 Å². The number of nitrogens with one attached hydrogen (secondary N) is 2. The molecule has 0 aliphatic carbocycles. The molecule has 33 heavy (non-hydrogen) atoms. The van der Waals surface area contributed by atoms with Gasteiger partial charge in [-0.2, -0.15) is 0 Å². The van der Waals surface area contributed by atoms with Gasteiger partial charge in [0.05, 0.1) is 6.54 Å². The number of nitrogens with zero attached hydrogens (tertiary/aromatic N) is 2. The third-order valence-electron chi connectivity index (χ3n) is 6.12. The number of carbonyl (C=O) groups is 3. The molecule has 1 fully saturated rings. The summed E-state index contributed by atoms with van der Waals surface area (Å²) < 4.78 is 0. The van der Waals surface area contributed by atoms with Crippen LogP contribution in [0.5, 0.6) is 0 Å². The number of anilines is 2. The summed E-state index contributed by atoms with van der Waals surface area (Å²) in [7, 11) is 0. The highest BCUT2D eigenvalue weighted by Gasteiger charge is 2.21. The van der Waals surface area contributed by atoms with Gasteiger partial charge in [0.1, 0.15) is 0 Å². The van der Waals surface area contributed by atoms with Crippen molar-refractivity contribution in [2.24, 2.45) is 5.92 Å². The van der Waals surface area contributed by atoms with Crippen molar-refractivity contribution in [3.05, 3.63) is 59.7 Å². The van der Waals surface area contributed by atoms with E-state index in [1.807, 2.05) is 18.7 Å². The second-order valence-electron chi connectivity index (χ2n) is 8.51. The number of hydrogen-bond acceptors (Lipinski definition) is 4. The van der Waals surface area contributed by atoms with Crippen LogP contribution < -0.4 is 10.6 Å². The van der Waals surface area contributed by atoms with Gasteiger partial charge in [0.25, 0.3) is 11.8 Å². The fraction of sp³-hybridized carbons (Fsp3) is 0.423. The van der Waals surface area contributed by atoms with Gasteiger partial charge in [-0.15, -0.1) is 0 Å². The largest absolute Gasteiger partial charge is 0.376 e. The highest BCUT2D eigenvalue weighted by Crippen LogP contribution is 2.19. The van der Waals surface area contributed by atoms with E-state index in [9.17, 15) is 14.4 Å². The average Bonchev–Trinajstić information content (AvgIpc) is 2.84. The molecule has 7 heteroatoms. The zero-order chi connectivity index (χ0) is 23.8. The quantitative estimate of drug-likeness (QED) is 0.635. The van der Waals surface area contributed by atoms with Crippen LogP contribution in [0.25, 0.3) is 0 Å². The first-order valence-corrected chi connectivity index (χ1v) is 11.7. The zero-order valence-electron chi connectivity index (χ0n) is 19.8. The minimum atomic E-state index is -0.192. The molecule has 2 aromatic rings. The Morgan fingerprint density at radius 2 is 1.42 bits per heavy atom. The summed E-state index contributed by atoms with van der Waals surface area (Å²) in [6.07, 6.45) is 2.09. The molecule has 3 rings (SSSR count). The van der Waals surface area contributed by atoms with Crippen LogP contribution in [0, 0.1) is 5.92 Å². The predicted molar refractivity (Wildman–Crippen MR) is 132 cm³/mol. The second kappa shape index (κ2) is 11.5. The van der Waals surface area contributed by atoms with Gasteiger partial charge >= 0.3 is 0 Å². The first kappa shape index (κ1) is 24.3. The lowest BCUT2D eigenvalue weighted by Crippen LogP contribution is -2.37. The van der Waals surface area contributed by atoms with Crippen LogP contribution >= 0.6 is 0 Å². The highest BCUT2D eigenvalue weighted by atomic mass is 16.2. The molecule has 0 atom stereocenters. The lowest BCUT2D eigenvalue weighted by molar-refractivity contribution is -0.114. The molecule has 2 N–H and O–H groups in total. The molecule has 0 radical (unpaired) electrons. The third-order valence-corrected chi connectivity index (χ3v) is 6.12. The Kier molecular flexibility index (Phi) is 8.46. The van der Waals surface area contributed by atoms with Gasteiger partial charge in [-0.25, -0.2) is 0 Å². The van der Waals surface area contributed by atoms with Crippen molar-refractivity contribution in [2.45, 2.75) is 33.6 Å². The fourth-order valence-electron chi connectivity index (χ4n) is 3.90. The van der Waals surface area contributed by atoms with Gasteiger partial charge in [0.15, 0.2) is 0 Å². The SMILES string of the molecule is CCN(CC)C(=O)c1ccc(NCC(=O)Nc2ccc(C(=O)N3CCC(C)CC3)cc2)cc1. The molecule has 3 amide bonds. The Morgan fingerprint density at radius 1 is 0.879 bits per heavy atom. The van der Waals surface area contributed by atoms with Crippen LogP contribution in [0.1, 0.15) is 54.3 Å². The molecule has 0 bridgehead atoms. The topological polar surface area (TPSA) is 81.8 Å². The minimum Gasteiger partial charge on any atom is -0.376 e. The summed E-state index contributed by atoms with van der Waals surface area (Å²) in [6, 6.07) is 14.2. The molecule has 1 aliphatic heterocycles. The number of hydrogen-bond donors (Lipinski definition) is 2. The van der Waals surface area contributed by atoms with Crippen LogP contribution in [-0.2, 0) is 4.79 Å². The van der Waals surface area contributed by atoms with E-state index in [1.54, 1.807) is 53.4 Å². The molecule has 0 saturated carbocycles. The van der Waals surface area contributed by atoms with Crippen LogP contribution in [0.4, 0.5) is 11.4 Å². The molecule has 2 aromatic carbocycles. The number of rotatable bonds is 8. The van der Waals surface area contributed by atoms with E-state index >= 15 is 0 Å². The van der Waals surface area contributed by atoms with E-state index in [4.69, 9.17) is 0 Å². The molecular weight excluding hydrogens is 416 g/mol. The minimum absolute atomic E-state index is 0.000988. The summed E-state index contributed by atoms with van der Waals surface area (Å²) in [5.41, 5.74) is 2.67. The van der Waals surface area contributed by atoms with Crippen molar-refractivity contribution >= 4 is 29.1 Å². The molecule has 1 saturated heterocycles. The van der Waals surface area contributed by atoms with Crippen LogP contribution in [-0.4, -0.2) is 60.2 Å². The van der Waals surface area contributed by atoms with Gasteiger partial charge in [-0.05, 0) is 81.1 Å². The van der Waals surface area contributed by atoms with Crippen molar-refractivity contribution in [1.29, 1.82) is 0 Å². The van der Waals surface area contributed by atoms with Crippen molar-refractivity contribution in [1.82, 2.24) is 9.80 Å². The standard InChI is InChI=1S/C26H34N4O3/c1-4-29(5-2)25(32)20-6-10-22(11-7-20)27-18-24(31)28-23-12-8-21(9-13-23)26(33)30-16-14-19(3)15-17-30/h6-13,19,27H,4-5,14-18H2,1-3H3,(H,28,31). The van der Waals surface area contributed by atoms with Crippen molar-refractivity contribution < 1.29 is 14.4 Å². The van der Waals surface area contributed by atoms with Crippen molar-refractivity contribution in [3.8, 4) is 0 Å². The molecule has 0 aromatic heterocycles. The van der Waals surface area contributed by atoms with E-state index in [0.29, 0.717) is 35.8 Å². The van der Waals surface area contributed by atoms with E-state index in [-0.39, 0.29) is 24.3 Å². The Bertz CT molecular complexity index is 945. The maximum absolute atomic E-state index is 12.6. The smallest absolute Gasteiger partial charge is 0.253 e. The van der Waals surface area contributed by atoms with Gasteiger partial charge in [-0.1, -0.05) is 6.92 Å². The van der Waals surface area contributed by atoms with E-state index in [2.05, 4.69) is 17.6 Å². The van der Waals surface area contributed by atoms with Crippen molar-refractivity contribution in [2.75, 3.05) is 43.4 Å². The lowest BCUT2D eigenvalue weighted by atomic mass is 9.98. The van der Waals surface area contributed by atoms with Gasteiger partial charge in [0, 0.05) is 48.7 Å². The molecule has 0 unspecified atom stereocenters. The molecule has 1 aliphatic rings. The Morgan fingerprint density at radius 3 is 2.00 bits per heavy atom. The highest BCUT2D eigenvalue weighted by molar-refractivity contribution is 5.97. The first-order chi connectivity index (χ1) is 15.9. The maximum atomic E-state index is 12.6. The maximum Gasteiger partial charge on any atom is 0.253 e. The summed E-state index contributed by atoms with van der Waals surface area (Å²) >= 11 is 0. The number of piperidine rings is 1. The number of benzene rings is 2. The monoisotopic (exact) mass is 450 g/mol. The fourth-order valence-corrected chi connectivity index (χ4v) is 3.90. The Balaban J connectivity index is 1.48. The van der Waals surface area contributed by atoms with Crippen LogP contribution in [0.2, 0.25) is 0 Å². The van der Waals surface area contributed by atoms with E-state index in [1.165, 1.54) is 0 Å². The number of carbonyl (C=O) groups excluding carboxylic acids is 3. The van der Waals surface area contributed by atoms with Crippen molar-refractivity contribution in [3.63, 3.8) is 0 Å². The van der Waals surface area contributed by atoms with Gasteiger partial charge in [-0.3, -0.25) is 14.4 Å². The van der Waals surface area contributed by atoms with Gasteiger partial charge in [0.2, 0.25) is 5.91 Å². The van der Waals surface area contributed by atoms with Crippen LogP contribution in [0.3, 0.4) is 0 Å². The molecule has 7 nitrogen and oxygen atoms in total. The molecule has 0 spiro atoms. The Hall–Kier alpha value is -3.35. The second-order valence-corrected chi connectivity index (χ2v) is 8.51. The van der Waals surface area contributed by atoms with E-state index < -0.39 is 0 Å². The summed E-state index contributed by atoms with van der Waals surface area (Å²) in [4.78, 5) is 41.0.